The molecule has 2 fully saturated rings. The zero-order valence-corrected chi connectivity index (χ0v) is 20.5. The second-order valence-electron chi connectivity index (χ2n) is 9.92. The molecule has 3 aromatic heterocycles. The van der Waals surface area contributed by atoms with E-state index in [2.05, 4.69) is 39.0 Å². The number of aliphatic hydroxyl groups excluding tert-OH is 1. The predicted octanol–water partition coefficient (Wildman–Crippen LogP) is 3.01. The highest BCUT2D eigenvalue weighted by atomic mass is 32.2. The van der Waals surface area contributed by atoms with Crippen LogP contribution < -0.4 is 10.2 Å². The lowest BCUT2D eigenvalue weighted by Gasteiger charge is -2.40. The van der Waals surface area contributed by atoms with Crippen LogP contribution in [-0.4, -0.2) is 64.7 Å². The molecule has 0 radical (unpaired) electrons. The molecule has 2 aliphatic rings. The number of aromatic nitrogens is 4. The van der Waals surface area contributed by atoms with Crippen molar-refractivity contribution < 1.29 is 13.5 Å². The van der Waals surface area contributed by atoms with E-state index in [4.69, 9.17) is 4.98 Å². The summed E-state index contributed by atoms with van der Waals surface area (Å²) >= 11 is 0. The molecule has 3 aromatic rings. The number of nitrogens with one attached hydrogen (secondary N) is 1. The number of pyridine rings is 2. The minimum Gasteiger partial charge on any atom is -0.393 e. The highest BCUT2D eigenvalue weighted by Crippen LogP contribution is 2.36. The minimum atomic E-state index is -2.99. The fraction of sp³-hybridized carbons (Fsp3) is 0.500. The number of sulfone groups is 1. The second kappa shape index (κ2) is 8.74. The Kier molecular flexibility index (Phi) is 5.89. The predicted molar refractivity (Wildman–Crippen MR) is 132 cm³/mol. The Bertz CT molecular complexity index is 1320. The third kappa shape index (κ3) is 4.69. The van der Waals surface area contributed by atoms with E-state index in [1.807, 2.05) is 24.5 Å². The van der Waals surface area contributed by atoms with Gasteiger partial charge in [-0.2, -0.15) is 0 Å². The SMILES string of the molecule is CC(C)c1cnc(N2CC(CS(C)(=O)=O)C2)c2cnc(Nc3ccnc([C@H]4C[C@H](O)C4)n3)cc12. The topological polar surface area (TPSA) is 121 Å². The van der Waals surface area contributed by atoms with E-state index in [0.717, 1.165) is 28.0 Å². The zero-order chi connectivity index (χ0) is 24.0. The fourth-order valence-corrected chi connectivity index (χ4v) is 5.84. The average Bonchev–Trinajstić information content (AvgIpc) is 2.72. The van der Waals surface area contributed by atoms with Crippen molar-refractivity contribution in [2.24, 2.45) is 5.92 Å². The van der Waals surface area contributed by atoms with Crippen LogP contribution in [-0.2, 0) is 9.84 Å². The summed E-state index contributed by atoms with van der Waals surface area (Å²) in [6.07, 6.45) is 7.92. The average molecular weight is 483 g/mol. The first-order valence-electron chi connectivity index (χ1n) is 11.7. The first-order chi connectivity index (χ1) is 16.2. The highest BCUT2D eigenvalue weighted by molar-refractivity contribution is 7.90. The van der Waals surface area contributed by atoms with Crippen LogP contribution >= 0.6 is 0 Å². The van der Waals surface area contributed by atoms with Gasteiger partial charge in [-0.25, -0.2) is 28.4 Å². The lowest BCUT2D eigenvalue weighted by atomic mass is 9.82. The van der Waals surface area contributed by atoms with Gasteiger partial charge in [-0.15, -0.1) is 0 Å². The molecule has 0 amide bonds. The molecule has 5 rings (SSSR count). The van der Waals surface area contributed by atoms with Gasteiger partial charge in [0.2, 0.25) is 0 Å². The first-order valence-corrected chi connectivity index (χ1v) is 13.7. The number of fused-ring (bicyclic) bond motifs is 1. The molecule has 0 unspecified atom stereocenters. The van der Waals surface area contributed by atoms with Crippen molar-refractivity contribution in [3.8, 4) is 0 Å². The van der Waals surface area contributed by atoms with Gasteiger partial charge in [0.15, 0.2) is 0 Å². The van der Waals surface area contributed by atoms with Gasteiger partial charge in [-0.3, -0.25) is 0 Å². The summed E-state index contributed by atoms with van der Waals surface area (Å²) in [6, 6.07) is 3.84. The molecule has 0 bridgehead atoms. The van der Waals surface area contributed by atoms with E-state index in [1.165, 1.54) is 6.26 Å². The summed E-state index contributed by atoms with van der Waals surface area (Å²) in [4.78, 5) is 20.5. The molecule has 1 saturated heterocycles. The summed E-state index contributed by atoms with van der Waals surface area (Å²) in [7, 11) is -2.99. The fourth-order valence-electron chi connectivity index (χ4n) is 4.77. The lowest BCUT2D eigenvalue weighted by Crippen LogP contribution is -2.50. The Hall–Kier alpha value is -2.85. The molecule has 4 heterocycles. The Labute approximate surface area is 199 Å². The van der Waals surface area contributed by atoms with Crippen molar-refractivity contribution in [2.45, 2.75) is 44.6 Å². The van der Waals surface area contributed by atoms with Gasteiger partial charge in [0.05, 0.1) is 11.9 Å². The summed E-state index contributed by atoms with van der Waals surface area (Å²) in [5.41, 5.74) is 1.13. The molecule has 10 heteroatoms. The maximum atomic E-state index is 11.6. The Morgan fingerprint density at radius 1 is 1.12 bits per heavy atom. The maximum absolute atomic E-state index is 11.6. The second-order valence-corrected chi connectivity index (χ2v) is 12.1. The van der Waals surface area contributed by atoms with Crippen LogP contribution in [0.15, 0.2) is 30.7 Å². The molecule has 1 aliphatic heterocycles. The third-order valence-electron chi connectivity index (χ3n) is 6.61. The Morgan fingerprint density at radius 2 is 1.88 bits per heavy atom. The van der Waals surface area contributed by atoms with E-state index < -0.39 is 9.84 Å². The number of hydrogen-bond acceptors (Lipinski definition) is 9. The van der Waals surface area contributed by atoms with E-state index in [0.29, 0.717) is 37.6 Å². The number of anilines is 3. The first kappa shape index (κ1) is 22.9. The van der Waals surface area contributed by atoms with Gasteiger partial charge in [0, 0.05) is 55.2 Å². The largest absolute Gasteiger partial charge is 0.393 e. The quantitative estimate of drug-likeness (QED) is 0.523. The van der Waals surface area contributed by atoms with Crippen molar-refractivity contribution in [1.82, 2.24) is 19.9 Å². The van der Waals surface area contributed by atoms with E-state index >= 15 is 0 Å². The van der Waals surface area contributed by atoms with Crippen LogP contribution in [0.1, 0.15) is 49.9 Å². The number of nitrogens with zero attached hydrogens (tertiary/aromatic N) is 5. The third-order valence-corrected chi connectivity index (χ3v) is 7.68. The number of rotatable bonds is 7. The van der Waals surface area contributed by atoms with Crippen LogP contribution in [0.2, 0.25) is 0 Å². The van der Waals surface area contributed by atoms with Gasteiger partial charge in [0.1, 0.15) is 33.1 Å². The van der Waals surface area contributed by atoms with Crippen molar-refractivity contribution in [3.63, 3.8) is 0 Å². The molecule has 2 N–H and O–H groups in total. The summed E-state index contributed by atoms with van der Waals surface area (Å²) in [5, 5.41) is 14.9. The maximum Gasteiger partial charge on any atom is 0.147 e. The molecule has 1 saturated carbocycles. The van der Waals surface area contributed by atoms with Crippen molar-refractivity contribution in [3.05, 3.63) is 42.1 Å². The Balaban J connectivity index is 1.41. The zero-order valence-electron chi connectivity index (χ0n) is 19.6. The van der Waals surface area contributed by atoms with Crippen LogP contribution in [0.3, 0.4) is 0 Å². The van der Waals surface area contributed by atoms with E-state index in [9.17, 15) is 13.5 Å². The van der Waals surface area contributed by atoms with Gasteiger partial charge in [-0.05, 0) is 41.8 Å². The van der Waals surface area contributed by atoms with Gasteiger partial charge in [0.25, 0.3) is 0 Å². The minimum absolute atomic E-state index is 0.134. The molecule has 34 heavy (non-hydrogen) atoms. The van der Waals surface area contributed by atoms with Gasteiger partial charge >= 0.3 is 0 Å². The number of hydrogen-bond donors (Lipinski definition) is 2. The molecule has 0 atom stereocenters. The smallest absolute Gasteiger partial charge is 0.147 e. The van der Waals surface area contributed by atoms with E-state index in [1.54, 1.807) is 6.20 Å². The molecular weight excluding hydrogens is 452 g/mol. The van der Waals surface area contributed by atoms with Crippen molar-refractivity contribution >= 4 is 38.1 Å². The van der Waals surface area contributed by atoms with Gasteiger partial charge < -0.3 is 15.3 Å². The van der Waals surface area contributed by atoms with Crippen LogP contribution in [0.25, 0.3) is 10.8 Å². The summed E-state index contributed by atoms with van der Waals surface area (Å²) in [6.45, 7) is 5.63. The molecule has 0 aromatic carbocycles. The van der Waals surface area contributed by atoms with Crippen molar-refractivity contribution in [2.75, 3.05) is 35.3 Å². The normalized spacial score (nSPS) is 20.9. The molecule has 9 nitrogen and oxygen atoms in total. The summed E-state index contributed by atoms with van der Waals surface area (Å²) in [5.74, 6) is 3.76. The lowest BCUT2D eigenvalue weighted by molar-refractivity contribution is 0.0717. The molecule has 180 valence electrons. The molecule has 1 aliphatic carbocycles. The Morgan fingerprint density at radius 3 is 2.56 bits per heavy atom. The molecular formula is C24H30N6O3S. The standard InChI is InChI=1S/C24H30N6O3S/c1-14(2)19-9-27-24(30-11-15(12-30)13-34(3,32)33)20-10-26-22(8-18(19)20)28-21-4-5-25-23(29-21)16-6-17(31)7-16/h4-5,8-10,14-17,31H,6-7,11-13H2,1-3H3,(H,25,26,28,29)/t16-,17-. The van der Waals surface area contributed by atoms with Crippen LogP contribution in [0, 0.1) is 5.92 Å². The van der Waals surface area contributed by atoms with Gasteiger partial charge in [-0.1, -0.05) is 13.8 Å². The van der Waals surface area contributed by atoms with E-state index in [-0.39, 0.29) is 29.6 Å². The number of aliphatic hydroxyl groups is 1. The molecule has 0 spiro atoms. The van der Waals surface area contributed by atoms with Crippen molar-refractivity contribution in [1.29, 1.82) is 0 Å². The highest BCUT2D eigenvalue weighted by Gasteiger charge is 2.32. The van der Waals surface area contributed by atoms with Crippen LogP contribution in [0.5, 0.6) is 0 Å². The van der Waals surface area contributed by atoms with Crippen LogP contribution in [0.4, 0.5) is 17.5 Å². The monoisotopic (exact) mass is 482 g/mol. The summed E-state index contributed by atoms with van der Waals surface area (Å²) < 4.78 is 23.2.